The first-order valence-electron chi connectivity index (χ1n) is 33.7. The van der Waals surface area contributed by atoms with E-state index < -0.39 is 5.97 Å². The van der Waals surface area contributed by atoms with Gasteiger partial charge in [0.15, 0.2) is 0 Å². The number of methoxy groups -OCH3 is 1. The van der Waals surface area contributed by atoms with Crippen LogP contribution in [0.15, 0.2) is 170 Å². The average molecular weight is 1230 g/mol. The maximum absolute atomic E-state index is 15.2. The summed E-state index contributed by atoms with van der Waals surface area (Å²) >= 11 is 0. The van der Waals surface area contributed by atoms with Crippen molar-refractivity contribution in [2.45, 2.75) is 209 Å². The molecular weight excluding hydrogens is 1130 g/mol. The summed E-state index contributed by atoms with van der Waals surface area (Å²) in [7, 11) is 1.75. The molecule has 0 atom stereocenters. The molecule has 0 aliphatic rings. The number of ether oxygens (including phenoxy) is 1. The summed E-state index contributed by atoms with van der Waals surface area (Å²) in [5.41, 5.74) is 22.7. The number of carboxylic acid groups (broad SMARTS) is 1. The Morgan fingerprint density at radius 1 is 0.280 bits per heavy atom. The summed E-state index contributed by atoms with van der Waals surface area (Å²) in [6, 6.07) is 63.5. The molecule has 10 rings (SSSR count). The Labute approximate surface area is 559 Å². The van der Waals surface area contributed by atoms with Gasteiger partial charge in [0, 0.05) is 16.7 Å². The lowest BCUT2D eigenvalue weighted by Gasteiger charge is -2.27. The summed E-state index contributed by atoms with van der Waals surface area (Å²) < 4.78 is 6.98. The molecule has 0 aromatic heterocycles. The van der Waals surface area contributed by atoms with Crippen molar-refractivity contribution in [1.82, 2.24) is 0 Å². The molecule has 0 radical (unpaired) electrons. The largest absolute Gasteiger partial charge is 0.495 e. The Bertz CT molecular complexity index is 4240. The van der Waals surface area contributed by atoms with E-state index in [4.69, 9.17) is 4.74 Å². The van der Waals surface area contributed by atoms with Crippen molar-refractivity contribution in [1.29, 1.82) is 0 Å². The Morgan fingerprint density at radius 2 is 0.505 bits per heavy atom. The molecule has 0 spiro atoms. The standard InChI is InChI=1S/C90H104O3/c1-83(2,3)66-40-60(41-67(50-66)84(4,5)6)56-34-57(61-42-68(85(7,8)9)51-69(43-61)86(10,11)12)37-64(36-56)76-48-54-30-26-28-32-74(54)78(80(76)82(91)92)79-75-33-29-27-31-55(75)49-77(81(79)93-25)65-38-58(62-44-70(87(13,14)15)52-71(45-62)88(16,17)18)35-59(39-65)63-46-72(89(19,20)21)53-73(47-63)90(22,23)24/h26-53H,1-25H3,(H,91,92). The number of carboxylic acids is 1. The van der Waals surface area contributed by atoms with Crippen LogP contribution in [-0.4, -0.2) is 18.2 Å². The van der Waals surface area contributed by atoms with Crippen molar-refractivity contribution in [2.75, 3.05) is 7.11 Å². The zero-order valence-corrected chi connectivity index (χ0v) is 60.9. The summed E-state index contributed by atoms with van der Waals surface area (Å²) in [6.07, 6.45) is 0. The minimum Gasteiger partial charge on any atom is -0.495 e. The number of carbonyl (C=O) groups is 1. The first-order chi connectivity index (χ1) is 42.9. The Hall–Kier alpha value is -8.01. The minimum absolute atomic E-state index is 0.113. The number of hydrogen-bond acceptors (Lipinski definition) is 2. The van der Waals surface area contributed by atoms with Gasteiger partial charge in [-0.2, -0.15) is 0 Å². The highest BCUT2D eigenvalue weighted by atomic mass is 16.5. The third-order valence-electron chi connectivity index (χ3n) is 19.2. The quantitative estimate of drug-likeness (QED) is 0.157. The van der Waals surface area contributed by atoms with E-state index in [-0.39, 0.29) is 48.9 Å². The van der Waals surface area contributed by atoms with E-state index in [0.717, 1.165) is 88.3 Å². The van der Waals surface area contributed by atoms with Gasteiger partial charge in [-0.3, -0.25) is 0 Å². The molecule has 0 aliphatic carbocycles. The molecule has 482 valence electrons. The summed E-state index contributed by atoms with van der Waals surface area (Å²) in [5, 5.41) is 16.1. The molecule has 3 heteroatoms. The molecule has 0 aliphatic heterocycles. The van der Waals surface area contributed by atoms with Crippen LogP contribution in [0.25, 0.3) is 99.4 Å². The maximum atomic E-state index is 15.2. The van der Waals surface area contributed by atoms with E-state index in [9.17, 15) is 5.11 Å². The van der Waals surface area contributed by atoms with Crippen LogP contribution < -0.4 is 4.74 Å². The van der Waals surface area contributed by atoms with Crippen LogP contribution in [0.3, 0.4) is 0 Å². The molecular formula is C90H104O3. The van der Waals surface area contributed by atoms with Crippen LogP contribution in [0.2, 0.25) is 0 Å². The molecule has 0 fully saturated rings. The zero-order valence-electron chi connectivity index (χ0n) is 60.9. The predicted octanol–water partition coefficient (Wildman–Crippen LogP) is 25.7. The SMILES string of the molecule is COc1c(-c2cc(-c3cc(C(C)(C)C)cc(C(C)(C)C)c3)cc(-c3cc(C(C)(C)C)cc(C(C)(C)C)c3)c2)cc2ccccc2c1-c1c(C(=O)O)c(-c2cc(-c3cc(C(C)(C)C)cc(C(C)(C)C)c3)cc(-c3cc(C(C)(C)C)cc(C(C)(C)C)c3)c2)cc2ccccc12. The predicted molar refractivity (Wildman–Crippen MR) is 403 cm³/mol. The number of rotatable bonds is 9. The Morgan fingerprint density at radius 3 is 0.763 bits per heavy atom. The van der Waals surface area contributed by atoms with Crippen molar-refractivity contribution in [3.05, 3.63) is 220 Å². The second-order valence-corrected chi connectivity index (χ2v) is 35.0. The van der Waals surface area contributed by atoms with E-state index in [0.29, 0.717) is 16.9 Å². The van der Waals surface area contributed by atoms with Crippen LogP contribution in [0.1, 0.15) is 221 Å². The molecule has 3 nitrogen and oxygen atoms in total. The number of hydrogen-bond donors (Lipinski definition) is 1. The lowest BCUT2D eigenvalue weighted by molar-refractivity contribution is 0.0698. The monoisotopic (exact) mass is 1230 g/mol. The third-order valence-corrected chi connectivity index (χ3v) is 19.2. The van der Waals surface area contributed by atoms with Gasteiger partial charge in [0.25, 0.3) is 0 Å². The summed E-state index contributed by atoms with van der Waals surface area (Å²) in [6.45, 7) is 55.0. The lowest BCUT2D eigenvalue weighted by Crippen LogP contribution is -2.16. The molecule has 0 unspecified atom stereocenters. The Balaban J connectivity index is 1.35. The summed E-state index contributed by atoms with van der Waals surface area (Å²) in [4.78, 5) is 15.2. The topological polar surface area (TPSA) is 46.5 Å². The van der Waals surface area contributed by atoms with Gasteiger partial charge >= 0.3 is 5.97 Å². The molecule has 0 saturated carbocycles. The highest BCUT2D eigenvalue weighted by Gasteiger charge is 2.31. The first kappa shape index (κ1) is 67.9. The van der Waals surface area contributed by atoms with E-state index in [1.807, 2.05) is 6.07 Å². The van der Waals surface area contributed by atoms with Crippen LogP contribution in [0.5, 0.6) is 5.75 Å². The van der Waals surface area contributed by atoms with Crippen LogP contribution in [-0.2, 0) is 43.3 Å². The van der Waals surface area contributed by atoms with Crippen molar-refractivity contribution in [3.8, 4) is 83.6 Å². The minimum atomic E-state index is -1.02. The van der Waals surface area contributed by atoms with E-state index >= 15 is 4.79 Å². The summed E-state index contributed by atoms with van der Waals surface area (Å²) in [5.74, 6) is -0.411. The van der Waals surface area contributed by atoms with Gasteiger partial charge < -0.3 is 9.84 Å². The second kappa shape index (κ2) is 23.8. The van der Waals surface area contributed by atoms with Crippen LogP contribution in [0, 0.1) is 0 Å². The smallest absolute Gasteiger partial charge is 0.336 e. The molecule has 0 bridgehead atoms. The van der Waals surface area contributed by atoms with Crippen molar-refractivity contribution in [2.24, 2.45) is 0 Å². The fraction of sp³-hybridized carbons (Fsp3) is 0.367. The molecule has 1 N–H and O–H groups in total. The van der Waals surface area contributed by atoms with Gasteiger partial charge in [-0.25, -0.2) is 4.79 Å². The molecule has 0 saturated heterocycles. The van der Waals surface area contributed by atoms with Gasteiger partial charge in [0.05, 0.1) is 12.7 Å². The van der Waals surface area contributed by atoms with Crippen molar-refractivity contribution >= 4 is 27.5 Å². The first-order valence-corrected chi connectivity index (χ1v) is 33.7. The average Bonchev–Trinajstić information content (AvgIpc) is 0.726. The fourth-order valence-corrected chi connectivity index (χ4v) is 12.9. The van der Waals surface area contributed by atoms with Gasteiger partial charge in [-0.15, -0.1) is 0 Å². The molecule has 93 heavy (non-hydrogen) atoms. The number of aromatic carboxylic acids is 1. The lowest BCUT2D eigenvalue weighted by atomic mass is 9.77. The fourth-order valence-electron chi connectivity index (χ4n) is 12.9. The molecule has 0 heterocycles. The molecule has 10 aromatic carbocycles. The maximum Gasteiger partial charge on any atom is 0.336 e. The highest BCUT2D eigenvalue weighted by Crippen LogP contribution is 2.52. The van der Waals surface area contributed by atoms with Crippen LogP contribution in [0.4, 0.5) is 0 Å². The number of fused-ring (bicyclic) bond motifs is 2. The van der Waals surface area contributed by atoms with E-state index in [1.54, 1.807) is 7.11 Å². The van der Waals surface area contributed by atoms with Crippen molar-refractivity contribution in [3.63, 3.8) is 0 Å². The highest BCUT2D eigenvalue weighted by molar-refractivity contribution is 6.19. The van der Waals surface area contributed by atoms with Gasteiger partial charge in [-0.05, 0) is 219 Å². The van der Waals surface area contributed by atoms with E-state index in [2.05, 4.69) is 330 Å². The molecule has 10 aromatic rings. The third kappa shape index (κ3) is 14.1. The number of benzene rings is 10. The van der Waals surface area contributed by atoms with Crippen molar-refractivity contribution < 1.29 is 14.6 Å². The van der Waals surface area contributed by atoms with Gasteiger partial charge in [0.1, 0.15) is 5.75 Å². The Kier molecular flexibility index (Phi) is 17.3. The normalized spacial score (nSPS) is 13.1. The molecule has 0 amide bonds. The van der Waals surface area contributed by atoms with E-state index in [1.165, 1.54) is 44.5 Å². The van der Waals surface area contributed by atoms with Crippen LogP contribution >= 0.6 is 0 Å². The zero-order chi connectivity index (χ0) is 68.2. The van der Waals surface area contributed by atoms with Gasteiger partial charge in [-0.1, -0.05) is 287 Å². The van der Waals surface area contributed by atoms with Gasteiger partial charge in [0.2, 0.25) is 0 Å². The second-order valence-electron chi connectivity index (χ2n) is 35.0.